The maximum Gasteiger partial charge on any atom is 0.155 e. The summed E-state index contributed by atoms with van der Waals surface area (Å²) in [5.41, 5.74) is 5.47. The lowest BCUT2D eigenvalue weighted by Gasteiger charge is -2.07. The van der Waals surface area contributed by atoms with Gasteiger partial charge in [-0.1, -0.05) is 18.2 Å². The number of hydrogen-bond donors (Lipinski definition) is 1. The summed E-state index contributed by atoms with van der Waals surface area (Å²) in [7, 11) is 1.65. The molecule has 2 heterocycles. The molecule has 5 nitrogen and oxygen atoms in total. The molecule has 0 atom stereocenters. The molecule has 0 aliphatic heterocycles. The number of benzene rings is 2. The highest BCUT2D eigenvalue weighted by atomic mass is 16.5. The number of aliphatic hydroxyl groups is 1. The van der Waals surface area contributed by atoms with Gasteiger partial charge in [0.1, 0.15) is 5.75 Å². The van der Waals surface area contributed by atoms with E-state index in [2.05, 4.69) is 9.97 Å². The van der Waals surface area contributed by atoms with Crippen molar-refractivity contribution in [3.8, 4) is 28.3 Å². The Kier molecular flexibility index (Phi) is 3.91. The third-order valence-corrected chi connectivity index (χ3v) is 4.19. The van der Waals surface area contributed by atoms with E-state index >= 15 is 0 Å². The lowest BCUT2D eigenvalue weighted by molar-refractivity contribution is 0.282. The van der Waals surface area contributed by atoms with Gasteiger partial charge >= 0.3 is 0 Å². The van der Waals surface area contributed by atoms with Crippen LogP contribution >= 0.6 is 0 Å². The highest BCUT2D eigenvalue weighted by Gasteiger charge is 2.09. The van der Waals surface area contributed by atoms with Crippen LogP contribution in [0.25, 0.3) is 28.2 Å². The van der Waals surface area contributed by atoms with E-state index in [-0.39, 0.29) is 6.61 Å². The molecule has 2 aromatic heterocycles. The van der Waals surface area contributed by atoms with Crippen LogP contribution in [-0.4, -0.2) is 26.6 Å². The van der Waals surface area contributed by atoms with Crippen LogP contribution in [0.4, 0.5) is 0 Å². The molecular weight excluding hydrogens is 314 g/mol. The van der Waals surface area contributed by atoms with E-state index in [0.29, 0.717) is 0 Å². The minimum atomic E-state index is 0.0122. The number of nitrogens with zero attached hydrogens (tertiary/aromatic N) is 3. The normalized spacial score (nSPS) is 11.0. The molecule has 4 aromatic rings. The molecule has 0 radical (unpaired) electrons. The van der Waals surface area contributed by atoms with Gasteiger partial charge in [0.05, 0.1) is 37.5 Å². The molecule has 4 rings (SSSR count). The van der Waals surface area contributed by atoms with Gasteiger partial charge in [-0.25, -0.2) is 4.98 Å². The van der Waals surface area contributed by atoms with Crippen LogP contribution in [0, 0.1) is 0 Å². The fourth-order valence-corrected chi connectivity index (χ4v) is 2.84. The summed E-state index contributed by atoms with van der Waals surface area (Å²) >= 11 is 0. The maximum atomic E-state index is 9.34. The molecule has 0 fully saturated rings. The zero-order chi connectivity index (χ0) is 17.2. The average molecular weight is 331 g/mol. The molecule has 0 unspecified atom stereocenters. The topological polar surface area (TPSA) is 59.7 Å². The fourth-order valence-electron chi connectivity index (χ4n) is 2.84. The van der Waals surface area contributed by atoms with Crippen LogP contribution in [-0.2, 0) is 6.61 Å². The Morgan fingerprint density at radius 3 is 2.60 bits per heavy atom. The van der Waals surface area contributed by atoms with Crippen LogP contribution in [0.1, 0.15) is 5.56 Å². The van der Waals surface area contributed by atoms with E-state index in [1.54, 1.807) is 13.3 Å². The Balaban J connectivity index is 1.81. The molecule has 124 valence electrons. The van der Waals surface area contributed by atoms with Gasteiger partial charge in [0, 0.05) is 17.3 Å². The lowest BCUT2D eigenvalue weighted by atomic mass is 10.1. The third-order valence-electron chi connectivity index (χ3n) is 4.19. The van der Waals surface area contributed by atoms with Gasteiger partial charge in [-0.3, -0.25) is 9.38 Å². The molecule has 25 heavy (non-hydrogen) atoms. The van der Waals surface area contributed by atoms with E-state index in [4.69, 9.17) is 4.74 Å². The Hall–Kier alpha value is -3.18. The first-order valence-corrected chi connectivity index (χ1v) is 7.96. The molecule has 2 aromatic carbocycles. The third kappa shape index (κ3) is 2.86. The number of hydrogen-bond acceptors (Lipinski definition) is 4. The van der Waals surface area contributed by atoms with Gasteiger partial charge in [0.25, 0.3) is 0 Å². The van der Waals surface area contributed by atoms with Crippen molar-refractivity contribution in [1.82, 2.24) is 14.4 Å². The second-order valence-electron chi connectivity index (χ2n) is 5.73. The SMILES string of the molecule is COc1ccc(-c2cnc3cnc(-c4cccc(CO)c4)cn23)cc1. The van der Waals surface area contributed by atoms with E-state index in [1.807, 2.05) is 65.3 Å². The van der Waals surface area contributed by atoms with Crippen LogP contribution < -0.4 is 4.74 Å². The maximum absolute atomic E-state index is 9.34. The number of rotatable bonds is 4. The zero-order valence-corrected chi connectivity index (χ0v) is 13.8. The summed E-state index contributed by atoms with van der Waals surface area (Å²) in [6, 6.07) is 15.6. The van der Waals surface area contributed by atoms with E-state index < -0.39 is 0 Å². The van der Waals surface area contributed by atoms with Crippen molar-refractivity contribution in [2.24, 2.45) is 0 Å². The number of imidazole rings is 1. The Morgan fingerprint density at radius 2 is 1.84 bits per heavy atom. The smallest absolute Gasteiger partial charge is 0.155 e. The van der Waals surface area contributed by atoms with Crippen molar-refractivity contribution in [3.63, 3.8) is 0 Å². The van der Waals surface area contributed by atoms with Crippen molar-refractivity contribution in [2.75, 3.05) is 7.11 Å². The van der Waals surface area contributed by atoms with Gasteiger partial charge in [-0.2, -0.15) is 0 Å². The molecule has 0 aliphatic rings. The van der Waals surface area contributed by atoms with Crippen molar-refractivity contribution in [1.29, 1.82) is 0 Å². The lowest BCUT2D eigenvalue weighted by Crippen LogP contribution is -1.94. The zero-order valence-electron chi connectivity index (χ0n) is 13.8. The van der Waals surface area contributed by atoms with Gasteiger partial charge < -0.3 is 9.84 Å². The summed E-state index contributed by atoms with van der Waals surface area (Å²) in [5, 5.41) is 9.34. The minimum Gasteiger partial charge on any atom is -0.497 e. The largest absolute Gasteiger partial charge is 0.497 e. The predicted molar refractivity (Wildman–Crippen MR) is 96.3 cm³/mol. The van der Waals surface area contributed by atoms with Gasteiger partial charge in [-0.05, 0) is 35.9 Å². The number of fused-ring (bicyclic) bond motifs is 1. The number of aromatic nitrogens is 3. The first-order valence-electron chi connectivity index (χ1n) is 7.96. The van der Waals surface area contributed by atoms with Gasteiger partial charge in [0.15, 0.2) is 5.65 Å². The average Bonchev–Trinajstić information content (AvgIpc) is 3.11. The first kappa shape index (κ1) is 15.4. The summed E-state index contributed by atoms with van der Waals surface area (Å²) < 4.78 is 7.24. The monoisotopic (exact) mass is 331 g/mol. The second kappa shape index (κ2) is 6.37. The standard InChI is InChI=1S/C20H17N3O2/c1-25-17-7-5-15(6-8-17)19-10-22-20-11-21-18(12-23(19)20)16-4-2-3-14(9-16)13-24/h2-12,24H,13H2,1H3. The summed E-state index contributed by atoms with van der Waals surface area (Å²) in [4.78, 5) is 8.94. The van der Waals surface area contributed by atoms with Crippen LogP contribution in [0.15, 0.2) is 67.1 Å². The van der Waals surface area contributed by atoms with Crippen LogP contribution in [0.2, 0.25) is 0 Å². The molecule has 0 bridgehead atoms. The van der Waals surface area contributed by atoms with Crippen molar-refractivity contribution in [3.05, 3.63) is 72.7 Å². The molecule has 0 aliphatic carbocycles. The Bertz CT molecular complexity index is 1020. The van der Waals surface area contributed by atoms with E-state index in [1.165, 1.54) is 0 Å². The quantitative estimate of drug-likeness (QED) is 0.621. The van der Waals surface area contributed by atoms with Crippen molar-refractivity contribution < 1.29 is 9.84 Å². The molecule has 0 saturated carbocycles. The summed E-state index contributed by atoms with van der Waals surface area (Å²) in [6.45, 7) is 0.0122. The minimum absolute atomic E-state index is 0.0122. The number of methoxy groups -OCH3 is 1. The molecular formula is C20H17N3O2. The highest BCUT2D eigenvalue weighted by Crippen LogP contribution is 2.25. The molecule has 5 heteroatoms. The van der Waals surface area contributed by atoms with E-state index in [0.717, 1.165) is 39.5 Å². The molecule has 1 N–H and O–H groups in total. The molecule has 0 amide bonds. The number of ether oxygens (including phenoxy) is 1. The molecule has 0 spiro atoms. The predicted octanol–water partition coefficient (Wildman–Crippen LogP) is 3.56. The second-order valence-corrected chi connectivity index (χ2v) is 5.73. The van der Waals surface area contributed by atoms with E-state index in [9.17, 15) is 5.11 Å². The summed E-state index contributed by atoms with van der Waals surface area (Å²) in [6.07, 6.45) is 5.57. The Morgan fingerprint density at radius 1 is 1.00 bits per heavy atom. The van der Waals surface area contributed by atoms with Crippen LogP contribution in [0.5, 0.6) is 5.75 Å². The highest BCUT2D eigenvalue weighted by molar-refractivity contribution is 5.67. The number of aliphatic hydroxyl groups excluding tert-OH is 1. The van der Waals surface area contributed by atoms with Crippen LogP contribution in [0.3, 0.4) is 0 Å². The van der Waals surface area contributed by atoms with Gasteiger partial charge in [0.2, 0.25) is 0 Å². The Labute approximate surface area is 145 Å². The molecule has 0 saturated heterocycles. The van der Waals surface area contributed by atoms with Crippen molar-refractivity contribution >= 4 is 5.65 Å². The first-order chi connectivity index (χ1) is 12.3. The van der Waals surface area contributed by atoms with Crippen molar-refractivity contribution in [2.45, 2.75) is 6.61 Å². The fraction of sp³-hybridized carbons (Fsp3) is 0.100. The summed E-state index contributed by atoms with van der Waals surface area (Å²) in [5.74, 6) is 0.820. The van der Waals surface area contributed by atoms with Gasteiger partial charge in [-0.15, -0.1) is 0 Å².